The Bertz CT molecular complexity index is 507. The van der Waals surface area contributed by atoms with Gasteiger partial charge in [-0.15, -0.1) is 0 Å². The van der Waals surface area contributed by atoms with Crippen LogP contribution in [0.5, 0.6) is 0 Å². The molecule has 3 rings (SSSR count). The fourth-order valence-corrected chi connectivity index (χ4v) is 3.93. The Morgan fingerprint density at radius 2 is 1.86 bits per heavy atom. The lowest BCUT2D eigenvalue weighted by Gasteiger charge is -2.40. The summed E-state index contributed by atoms with van der Waals surface area (Å²) in [6.07, 6.45) is 4.21. The fraction of sp³-hybridized carbons (Fsp3) is 0.632. The van der Waals surface area contributed by atoms with E-state index in [4.69, 9.17) is 0 Å². The molecule has 1 aromatic carbocycles. The molecule has 1 N–H and O–H groups in total. The third-order valence-electron chi connectivity index (χ3n) is 5.66. The van der Waals surface area contributed by atoms with Crippen LogP contribution in [0.15, 0.2) is 30.3 Å². The van der Waals surface area contributed by atoms with E-state index in [1.807, 2.05) is 6.07 Å². The molecule has 0 bridgehead atoms. The molecule has 2 heterocycles. The molecule has 0 radical (unpaired) electrons. The van der Waals surface area contributed by atoms with Crippen LogP contribution < -0.4 is 5.32 Å². The summed E-state index contributed by atoms with van der Waals surface area (Å²) < 4.78 is 0. The molecule has 2 aliphatic rings. The van der Waals surface area contributed by atoms with E-state index in [2.05, 4.69) is 48.3 Å². The van der Waals surface area contributed by atoms with Gasteiger partial charge in [-0.05, 0) is 42.2 Å². The largest absolute Gasteiger partial charge is 0.343 e. The Morgan fingerprint density at radius 1 is 1.18 bits per heavy atom. The average Bonchev–Trinajstić information content (AvgIpc) is 2.96. The van der Waals surface area contributed by atoms with Gasteiger partial charge in [0.2, 0.25) is 5.91 Å². The third-order valence-corrected chi connectivity index (χ3v) is 5.66. The minimum Gasteiger partial charge on any atom is -0.343 e. The monoisotopic (exact) mass is 300 g/mol. The average molecular weight is 300 g/mol. The second-order valence-corrected chi connectivity index (χ2v) is 7.73. The highest BCUT2D eigenvalue weighted by Gasteiger charge is 2.38. The molecule has 0 aromatic heterocycles. The number of carbonyl (C=O) groups is 1. The van der Waals surface area contributed by atoms with E-state index in [1.54, 1.807) is 0 Å². The molecule has 3 heteroatoms. The molecule has 0 aliphatic carbocycles. The van der Waals surface area contributed by atoms with Gasteiger partial charge in [-0.1, -0.05) is 44.2 Å². The summed E-state index contributed by atoms with van der Waals surface area (Å²) in [5, 5.41) is 3.48. The van der Waals surface area contributed by atoms with Gasteiger partial charge in [-0.25, -0.2) is 0 Å². The number of rotatable bonds is 3. The van der Waals surface area contributed by atoms with Crippen LogP contribution >= 0.6 is 0 Å². The maximum atomic E-state index is 12.7. The summed E-state index contributed by atoms with van der Waals surface area (Å²) in [5.74, 6) is 0.314. The lowest BCUT2D eigenvalue weighted by Crippen LogP contribution is -2.45. The van der Waals surface area contributed by atoms with Gasteiger partial charge in [-0.3, -0.25) is 4.79 Å². The minimum absolute atomic E-state index is 0.0948. The normalized spacial score (nSPS) is 21.3. The molecule has 3 nitrogen and oxygen atoms in total. The van der Waals surface area contributed by atoms with Crippen LogP contribution in [0.4, 0.5) is 0 Å². The molecule has 120 valence electrons. The molecule has 22 heavy (non-hydrogen) atoms. The molecular weight excluding hydrogens is 272 g/mol. The van der Waals surface area contributed by atoms with E-state index in [9.17, 15) is 4.79 Å². The van der Waals surface area contributed by atoms with Gasteiger partial charge >= 0.3 is 0 Å². The number of hydrogen-bond acceptors (Lipinski definition) is 2. The summed E-state index contributed by atoms with van der Waals surface area (Å²) in [6, 6.07) is 10.4. The van der Waals surface area contributed by atoms with E-state index in [0.717, 1.165) is 39.0 Å². The maximum absolute atomic E-state index is 12.7. The van der Waals surface area contributed by atoms with Crippen LogP contribution in [0.25, 0.3) is 0 Å². The quantitative estimate of drug-likeness (QED) is 0.931. The molecule has 2 aliphatic heterocycles. The highest BCUT2D eigenvalue weighted by Crippen LogP contribution is 2.37. The molecule has 2 fully saturated rings. The standard InChI is InChI=1S/C19H28N2O/c1-18(2,16-6-4-3-5-7-16)14-17(22)21-12-9-19(10-13-21)8-11-20-15-19/h3-7,20H,8-15H2,1-2H3. The Kier molecular flexibility index (Phi) is 4.26. The number of hydrogen-bond donors (Lipinski definition) is 1. The van der Waals surface area contributed by atoms with Crippen molar-refractivity contribution in [2.75, 3.05) is 26.2 Å². The van der Waals surface area contributed by atoms with Crippen LogP contribution in [0.1, 0.15) is 45.1 Å². The Labute approximate surface area is 134 Å². The van der Waals surface area contributed by atoms with Crippen LogP contribution in [0.3, 0.4) is 0 Å². The highest BCUT2D eigenvalue weighted by molar-refractivity contribution is 5.77. The predicted octanol–water partition coefficient (Wildman–Crippen LogP) is 2.96. The summed E-state index contributed by atoms with van der Waals surface area (Å²) >= 11 is 0. The van der Waals surface area contributed by atoms with Crippen LogP contribution in [-0.4, -0.2) is 37.0 Å². The van der Waals surface area contributed by atoms with E-state index in [-0.39, 0.29) is 5.41 Å². The zero-order valence-electron chi connectivity index (χ0n) is 13.9. The first kappa shape index (κ1) is 15.5. The molecule has 0 saturated carbocycles. The van der Waals surface area contributed by atoms with Gasteiger partial charge in [0.05, 0.1) is 0 Å². The van der Waals surface area contributed by atoms with Crippen molar-refractivity contribution in [3.05, 3.63) is 35.9 Å². The van der Waals surface area contributed by atoms with Crippen molar-refractivity contribution in [2.24, 2.45) is 5.41 Å². The molecule has 2 saturated heterocycles. The molecule has 1 aromatic rings. The van der Waals surface area contributed by atoms with Gasteiger partial charge < -0.3 is 10.2 Å². The van der Waals surface area contributed by atoms with Crippen molar-refractivity contribution in [2.45, 2.75) is 44.9 Å². The summed E-state index contributed by atoms with van der Waals surface area (Å²) in [5.41, 5.74) is 1.63. The number of amides is 1. The summed E-state index contributed by atoms with van der Waals surface area (Å²) in [4.78, 5) is 14.8. The predicted molar refractivity (Wildman–Crippen MR) is 89.8 cm³/mol. The maximum Gasteiger partial charge on any atom is 0.223 e. The first-order valence-corrected chi connectivity index (χ1v) is 8.55. The lowest BCUT2D eigenvalue weighted by atomic mass is 9.77. The Morgan fingerprint density at radius 3 is 2.45 bits per heavy atom. The fourth-order valence-electron chi connectivity index (χ4n) is 3.93. The second-order valence-electron chi connectivity index (χ2n) is 7.73. The van der Waals surface area contributed by atoms with Gasteiger partial charge in [0.1, 0.15) is 0 Å². The van der Waals surface area contributed by atoms with Crippen molar-refractivity contribution < 1.29 is 4.79 Å². The number of piperidine rings is 1. The van der Waals surface area contributed by atoms with Gasteiger partial charge in [-0.2, -0.15) is 0 Å². The molecule has 0 unspecified atom stereocenters. The van der Waals surface area contributed by atoms with Crippen molar-refractivity contribution in [3.63, 3.8) is 0 Å². The van der Waals surface area contributed by atoms with Gasteiger partial charge in [0.25, 0.3) is 0 Å². The molecule has 0 atom stereocenters. The van der Waals surface area contributed by atoms with Crippen molar-refractivity contribution in [1.29, 1.82) is 0 Å². The number of carbonyl (C=O) groups excluding carboxylic acids is 1. The first-order valence-electron chi connectivity index (χ1n) is 8.55. The summed E-state index contributed by atoms with van der Waals surface area (Å²) in [7, 11) is 0. The summed E-state index contributed by atoms with van der Waals surface area (Å²) in [6.45, 7) is 8.51. The van der Waals surface area contributed by atoms with Crippen molar-refractivity contribution in [3.8, 4) is 0 Å². The molecular formula is C19H28N2O. The molecule has 1 spiro atoms. The number of nitrogens with one attached hydrogen (secondary N) is 1. The highest BCUT2D eigenvalue weighted by atomic mass is 16.2. The van der Waals surface area contributed by atoms with Crippen molar-refractivity contribution >= 4 is 5.91 Å². The van der Waals surface area contributed by atoms with E-state index in [1.165, 1.54) is 12.0 Å². The van der Waals surface area contributed by atoms with E-state index < -0.39 is 0 Å². The molecule has 1 amide bonds. The number of likely N-dealkylation sites (tertiary alicyclic amines) is 1. The smallest absolute Gasteiger partial charge is 0.223 e. The second kappa shape index (κ2) is 6.04. The van der Waals surface area contributed by atoms with Gasteiger partial charge in [0.15, 0.2) is 0 Å². The van der Waals surface area contributed by atoms with Crippen LogP contribution in [0.2, 0.25) is 0 Å². The van der Waals surface area contributed by atoms with E-state index >= 15 is 0 Å². The van der Waals surface area contributed by atoms with Crippen molar-refractivity contribution in [1.82, 2.24) is 10.2 Å². The number of nitrogens with zero attached hydrogens (tertiary/aromatic N) is 1. The van der Waals surface area contributed by atoms with Crippen LogP contribution in [0, 0.1) is 5.41 Å². The Hall–Kier alpha value is -1.35. The Balaban J connectivity index is 1.58. The SMILES string of the molecule is CC(C)(CC(=O)N1CCC2(CCNC2)CC1)c1ccccc1. The lowest BCUT2D eigenvalue weighted by molar-refractivity contribution is -0.134. The van der Waals surface area contributed by atoms with Crippen LogP contribution in [-0.2, 0) is 10.2 Å². The van der Waals surface area contributed by atoms with E-state index in [0.29, 0.717) is 17.7 Å². The number of benzene rings is 1. The topological polar surface area (TPSA) is 32.3 Å². The van der Waals surface area contributed by atoms with Gasteiger partial charge in [0, 0.05) is 26.1 Å². The minimum atomic E-state index is -0.0948. The third kappa shape index (κ3) is 3.19. The zero-order chi connectivity index (χ0) is 15.6. The first-order chi connectivity index (χ1) is 10.5. The zero-order valence-corrected chi connectivity index (χ0v) is 13.9.